The summed E-state index contributed by atoms with van der Waals surface area (Å²) in [6.07, 6.45) is 1.75. The van der Waals surface area contributed by atoms with Gasteiger partial charge in [-0.3, -0.25) is 0 Å². The van der Waals surface area contributed by atoms with E-state index in [2.05, 4.69) is 28.1 Å². The molecule has 2 rings (SSSR count). The average Bonchev–Trinajstić information content (AvgIpc) is 2.43. The number of aliphatic hydroxyl groups excluding tert-OH is 1. The van der Waals surface area contributed by atoms with Crippen molar-refractivity contribution in [2.75, 3.05) is 6.61 Å². The van der Waals surface area contributed by atoms with Crippen LogP contribution in [0.25, 0.3) is 0 Å². The molecule has 0 amide bonds. The molecular weight excluding hydrogens is 359 g/mol. The molecule has 1 nitrogen and oxygen atoms in total. The molecule has 4 heteroatoms. The van der Waals surface area contributed by atoms with E-state index in [0.29, 0.717) is 10.0 Å². The van der Waals surface area contributed by atoms with E-state index < -0.39 is 0 Å². The smallest absolute Gasteiger partial charge is 0.0500 e. The molecule has 1 N–H and O–H groups in total. The molecule has 20 heavy (non-hydrogen) atoms. The van der Waals surface area contributed by atoms with E-state index in [1.54, 1.807) is 6.07 Å². The minimum Gasteiger partial charge on any atom is -0.396 e. The Morgan fingerprint density at radius 2 is 1.75 bits per heavy atom. The molecule has 0 saturated carbocycles. The molecule has 0 aliphatic rings. The highest BCUT2D eigenvalue weighted by Crippen LogP contribution is 2.30. The fourth-order valence-electron chi connectivity index (χ4n) is 2.17. The number of aliphatic hydroxyl groups is 1. The van der Waals surface area contributed by atoms with Gasteiger partial charge < -0.3 is 5.11 Å². The zero-order valence-corrected chi connectivity index (χ0v) is 13.9. The Kier molecular flexibility index (Phi) is 5.91. The third kappa shape index (κ3) is 4.23. The number of hydrogen-bond donors (Lipinski definition) is 1. The quantitative estimate of drug-likeness (QED) is 0.737. The summed E-state index contributed by atoms with van der Waals surface area (Å²) in [6, 6.07) is 13.7. The van der Waals surface area contributed by atoms with Crippen LogP contribution in [-0.2, 0) is 6.42 Å². The van der Waals surface area contributed by atoms with E-state index in [1.807, 2.05) is 24.3 Å². The van der Waals surface area contributed by atoms with Crippen molar-refractivity contribution in [2.24, 2.45) is 0 Å². The minimum atomic E-state index is 0.0309. The molecule has 0 radical (unpaired) electrons. The Labute approximate surface area is 137 Å². The molecule has 0 spiro atoms. The second-order valence-electron chi connectivity index (χ2n) is 4.71. The number of hydrogen-bond acceptors (Lipinski definition) is 1. The van der Waals surface area contributed by atoms with Gasteiger partial charge in [-0.2, -0.15) is 0 Å². The van der Waals surface area contributed by atoms with Crippen molar-refractivity contribution < 1.29 is 5.11 Å². The predicted octanol–water partition coefficient (Wildman–Crippen LogP) is 5.46. The highest BCUT2D eigenvalue weighted by molar-refractivity contribution is 9.10. The Bertz CT molecular complexity index is 569. The molecule has 2 aromatic carbocycles. The van der Waals surface area contributed by atoms with Crippen LogP contribution in [0.2, 0.25) is 10.0 Å². The second kappa shape index (κ2) is 7.46. The molecule has 0 aliphatic heterocycles. The summed E-state index contributed by atoms with van der Waals surface area (Å²) in [5, 5.41) is 10.8. The maximum absolute atomic E-state index is 9.60. The van der Waals surface area contributed by atoms with Crippen molar-refractivity contribution in [1.82, 2.24) is 0 Å². The largest absolute Gasteiger partial charge is 0.396 e. The lowest BCUT2D eigenvalue weighted by atomic mass is 9.93. The highest BCUT2D eigenvalue weighted by Gasteiger charge is 2.14. The molecule has 0 aliphatic carbocycles. The van der Waals surface area contributed by atoms with E-state index >= 15 is 0 Å². The van der Waals surface area contributed by atoms with Crippen molar-refractivity contribution in [1.29, 1.82) is 0 Å². The van der Waals surface area contributed by atoms with Crippen LogP contribution in [0.15, 0.2) is 46.9 Å². The van der Waals surface area contributed by atoms with Crippen LogP contribution in [0, 0.1) is 0 Å². The number of benzene rings is 2. The third-order valence-corrected chi connectivity index (χ3v) is 4.41. The van der Waals surface area contributed by atoms with Gasteiger partial charge in [-0.15, -0.1) is 0 Å². The standard InChI is InChI=1S/C16H15BrCl2O/c17-13-5-2-11(3-6-13)1-4-12(10-20)15-8-7-14(18)9-16(15)19/h2-3,5-9,12,20H,1,4,10H2/t12-/m0/s1. The van der Waals surface area contributed by atoms with E-state index in [1.165, 1.54) is 5.56 Å². The molecule has 0 bridgehead atoms. The van der Waals surface area contributed by atoms with Crippen LogP contribution in [-0.4, -0.2) is 11.7 Å². The van der Waals surface area contributed by atoms with Crippen LogP contribution >= 0.6 is 39.1 Å². The van der Waals surface area contributed by atoms with Gasteiger partial charge in [0.2, 0.25) is 0 Å². The first kappa shape index (κ1) is 15.8. The second-order valence-corrected chi connectivity index (χ2v) is 6.47. The lowest BCUT2D eigenvalue weighted by Gasteiger charge is -2.16. The first-order valence-corrected chi connectivity index (χ1v) is 7.95. The van der Waals surface area contributed by atoms with Gasteiger partial charge in [0.05, 0.1) is 0 Å². The van der Waals surface area contributed by atoms with Gasteiger partial charge in [0.25, 0.3) is 0 Å². The maximum Gasteiger partial charge on any atom is 0.0500 e. The number of aryl methyl sites for hydroxylation is 1. The molecule has 0 unspecified atom stereocenters. The molecule has 106 valence electrons. The lowest BCUT2D eigenvalue weighted by Crippen LogP contribution is -2.06. The molecule has 1 atom stereocenters. The zero-order chi connectivity index (χ0) is 14.5. The van der Waals surface area contributed by atoms with Crippen LogP contribution in [0.4, 0.5) is 0 Å². The molecule has 0 heterocycles. The average molecular weight is 374 g/mol. The van der Waals surface area contributed by atoms with Gasteiger partial charge in [0.15, 0.2) is 0 Å². The summed E-state index contributed by atoms with van der Waals surface area (Å²) >= 11 is 15.5. The van der Waals surface area contributed by atoms with E-state index in [0.717, 1.165) is 22.9 Å². The minimum absolute atomic E-state index is 0.0309. The lowest BCUT2D eigenvalue weighted by molar-refractivity contribution is 0.259. The first-order chi connectivity index (χ1) is 9.60. The van der Waals surface area contributed by atoms with Crippen molar-refractivity contribution in [3.63, 3.8) is 0 Å². The Morgan fingerprint density at radius 1 is 1.05 bits per heavy atom. The molecular formula is C16H15BrCl2O. The summed E-state index contributed by atoms with van der Waals surface area (Å²) < 4.78 is 1.07. The van der Waals surface area contributed by atoms with E-state index in [-0.39, 0.29) is 12.5 Å². The van der Waals surface area contributed by atoms with Gasteiger partial charge >= 0.3 is 0 Å². The number of halogens is 3. The van der Waals surface area contributed by atoms with Gasteiger partial charge in [0, 0.05) is 27.0 Å². The third-order valence-electron chi connectivity index (χ3n) is 3.32. The van der Waals surface area contributed by atoms with Gasteiger partial charge in [-0.05, 0) is 48.2 Å². The molecule has 2 aromatic rings. The normalized spacial score (nSPS) is 12.4. The summed E-state index contributed by atoms with van der Waals surface area (Å²) in [5.41, 5.74) is 2.20. The first-order valence-electron chi connectivity index (χ1n) is 6.40. The summed E-state index contributed by atoms with van der Waals surface area (Å²) in [5.74, 6) is 0.0309. The van der Waals surface area contributed by atoms with Crippen molar-refractivity contribution in [3.05, 3.63) is 68.1 Å². The summed E-state index contributed by atoms with van der Waals surface area (Å²) in [4.78, 5) is 0. The van der Waals surface area contributed by atoms with Crippen LogP contribution in [0.5, 0.6) is 0 Å². The SMILES string of the molecule is OC[C@H](CCc1ccc(Br)cc1)c1ccc(Cl)cc1Cl. The maximum atomic E-state index is 9.60. The molecule has 0 aromatic heterocycles. The highest BCUT2D eigenvalue weighted by atomic mass is 79.9. The number of rotatable bonds is 5. The van der Waals surface area contributed by atoms with Crippen LogP contribution in [0.3, 0.4) is 0 Å². The summed E-state index contributed by atoms with van der Waals surface area (Å²) in [7, 11) is 0. The van der Waals surface area contributed by atoms with Crippen LogP contribution in [0.1, 0.15) is 23.5 Å². The van der Waals surface area contributed by atoms with E-state index in [4.69, 9.17) is 23.2 Å². The molecule has 0 saturated heterocycles. The van der Waals surface area contributed by atoms with Crippen molar-refractivity contribution in [3.8, 4) is 0 Å². The monoisotopic (exact) mass is 372 g/mol. The molecule has 0 fully saturated rings. The Morgan fingerprint density at radius 3 is 2.35 bits per heavy atom. The van der Waals surface area contributed by atoms with Crippen molar-refractivity contribution in [2.45, 2.75) is 18.8 Å². The fourth-order valence-corrected chi connectivity index (χ4v) is 3.00. The van der Waals surface area contributed by atoms with Gasteiger partial charge in [-0.25, -0.2) is 0 Å². The van der Waals surface area contributed by atoms with Crippen LogP contribution < -0.4 is 0 Å². The Hall–Kier alpha value is -0.540. The summed E-state index contributed by atoms with van der Waals surface area (Å²) in [6.45, 7) is 0.0812. The van der Waals surface area contributed by atoms with Gasteiger partial charge in [-0.1, -0.05) is 57.3 Å². The van der Waals surface area contributed by atoms with E-state index in [9.17, 15) is 5.11 Å². The topological polar surface area (TPSA) is 20.2 Å². The van der Waals surface area contributed by atoms with Crippen molar-refractivity contribution >= 4 is 39.1 Å². The Balaban J connectivity index is 2.07. The zero-order valence-electron chi connectivity index (χ0n) is 10.8. The van der Waals surface area contributed by atoms with Gasteiger partial charge in [0.1, 0.15) is 0 Å². The predicted molar refractivity (Wildman–Crippen MR) is 88.8 cm³/mol. The fraction of sp³-hybridized carbons (Fsp3) is 0.250.